The van der Waals surface area contributed by atoms with E-state index in [4.69, 9.17) is 4.74 Å². The third-order valence-corrected chi connectivity index (χ3v) is 5.16. The summed E-state index contributed by atoms with van der Waals surface area (Å²) in [5.41, 5.74) is 1.52. The van der Waals surface area contributed by atoms with Crippen molar-refractivity contribution in [2.24, 2.45) is 0 Å². The number of Topliss-reactive ketones (excluding diaryl/α,β-unsaturated/α-hetero) is 1. The van der Waals surface area contributed by atoms with Crippen LogP contribution in [0.5, 0.6) is 5.75 Å². The van der Waals surface area contributed by atoms with Crippen molar-refractivity contribution in [3.8, 4) is 5.75 Å². The number of hydrogen-bond donors (Lipinski definition) is 0. The molecular formula is C20H28N2O3. The standard InChI is InChI=1S/C20H28N2O3/c1-3-17-13-22(14-20(24)21-10-6-4-5-7-11-21)18-12-16(15(2)23)8-9-19(18)25-17/h8-9,12,17H,3-7,10-11,13-14H2,1-2H3. The maximum atomic E-state index is 12.8. The zero-order chi connectivity index (χ0) is 17.8. The van der Waals surface area contributed by atoms with Crippen molar-refractivity contribution in [1.82, 2.24) is 4.90 Å². The molecule has 0 aliphatic carbocycles. The van der Waals surface area contributed by atoms with Crippen molar-refractivity contribution in [1.29, 1.82) is 0 Å². The van der Waals surface area contributed by atoms with Gasteiger partial charge < -0.3 is 14.5 Å². The number of likely N-dealkylation sites (tertiary alicyclic amines) is 1. The van der Waals surface area contributed by atoms with Gasteiger partial charge in [0.15, 0.2) is 5.78 Å². The van der Waals surface area contributed by atoms with Crippen LogP contribution < -0.4 is 9.64 Å². The highest BCUT2D eigenvalue weighted by Crippen LogP contribution is 2.35. The molecule has 0 aromatic heterocycles. The third kappa shape index (κ3) is 4.14. The normalized spacial score (nSPS) is 20.5. The number of fused-ring (bicyclic) bond motifs is 1. The van der Waals surface area contributed by atoms with Crippen LogP contribution in [0.2, 0.25) is 0 Å². The number of ether oxygens (including phenoxy) is 1. The van der Waals surface area contributed by atoms with Crippen LogP contribution in [0.15, 0.2) is 18.2 Å². The van der Waals surface area contributed by atoms with Crippen molar-refractivity contribution < 1.29 is 14.3 Å². The van der Waals surface area contributed by atoms with E-state index in [9.17, 15) is 9.59 Å². The molecule has 3 rings (SSSR count). The summed E-state index contributed by atoms with van der Waals surface area (Å²) >= 11 is 0. The van der Waals surface area contributed by atoms with E-state index < -0.39 is 0 Å². The van der Waals surface area contributed by atoms with Gasteiger partial charge in [0, 0.05) is 18.7 Å². The molecule has 1 atom stereocenters. The number of carbonyl (C=O) groups is 2. The number of hydrogen-bond acceptors (Lipinski definition) is 4. The van der Waals surface area contributed by atoms with Crippen molar-refractivity contribution in [2.75, 3.05) is 31.1 Å². The molecule has 1 amide bonds. The van der Waals surface area contributed by atoms with Crippen LogP contribution in [0.3, 0.4) is 0 Å². The molecule has 136 valence electrons. The van der Waals surface area contributed by atoms with Gasteiger partial charge in [-0.25, -0.2) is 0 Å². The van der Waals surface area contributed by atoms with E-state index in [0.29, 0.717) is 18.7 Å². The molecule has 1 aromatic rings. The number of ketones is 1. The number of carbonyl (C=O) groups excluding carboxylic acids is 2. The molecule has 0 spiro atoms. The van der Waals surface area contributed by atoms with E-state index >= 15 is 0 Å². The minimum atomic E-state index is 0.0270. The van der Waals surface area contributed by atoms with Crippen molar-refractivity contribution in [3.05, 3.63) is 23.8 Å². The smallest absolute Gasteiger partial charge is 0.242 e. The van der Waals surface area contributed by atoms with Crippen LogP contribution in [0, 0.1) is 0 Å². The molecule has 0 radical (unpaired) electrons. The average Bonchev–Trinajstić information content (AvgIpc) is 2.90. The number of rotatable bonds is 4. The molecule has 25 heavy (non-hydrogen) atoms. The van der Waals surface area contributed by atoms with Crippen LogP contribution in [-0.2, 0) is 4.79 Å². The molecule has 1 fully saturated rings. The molecule has 5 nitrogen and oxygen atoms in total. The van der Waals surface area contributed by atoms with E-state index in [1.165, 1.54) is 12.8 Å². The molecule has 0 N–H and O–H groups in total. The van der Waals surface area contributed by atoms with Gasteiger partial charge in [-0.1, -0.05) is 19.8 Å². The number of nitrogens with zero attached hydrogens (tertiary/aromatic N) is 2. The van der Waals surface area contributed by atoms with E-state index in [1.807, 2.05) is 17.0 Å². The third-order valence-electron chi connectivity index (χ3n) is 5.16. The summed E-state index contributed by atoms with van der Waals surface area (Å²) in [6.07, 6.45) is 5.58. The Morgan fingerprint density at radius 1 is 1.16 bits per heavy atom. The van der Waals surface area contributed by atoms with Crippen LogP contribution in [0.4, 0.5) is 5.69 Å². The molecule has 1 aromatic carbocycles. The maximum absolute atomic E-state index is 12.8. The Morgan fingerprint density at radius 2 is 1.88 bits per heavy atom. The Balaban J connectivity index is 1.81. The molecular weight excluding hydrogens is 316 g/mol. The fraction of sp³-hybridized carbons (Fsp3) is 0.600. The molecule has 1 unspecified atom stereocenters. The van der Waals surface area contributed by atoms with Crippen molar-refractivity contribution in [3.63, 3.8) is 0 Å². The summed E-state index contributed by atoms with van der Waals surface area (Å²) in [6.45, 7) is 6.42. The molecule has 2 aliphatic rings. The predicted molar refractivity (Wildman–Crippen MR) is 98.4 cm³/mol. The lowest BCUT2D eigenvalue weighted by molar-refractivity contribution is -0.129. The second-order valence-corrected chi connectivity index (χ2v) is 7.06. The summed E-state index contributed by atoms with van der Waals surface area (Å²) in [7, 11) is 0. The summed E-state index contributed by atoms with van der Waals surface area (Å²) in [5, 5.41) is 0. The van der Waals surface area contributed by atoms with Crippen molar-refractivity contribution >= 4 is 17.4 Å². The predicted octanol–water partition coefficient (Wildman–Crippen LogP) is 3.27. The van der Waals surface area contributed by atoms with E-state index in [-0.39, 0.29) is 17.8 Å². The van der Waals surface area contributed by atoms with Gasteiger partial charge in [-0.05, 0) is 44.4 Å². The largest absolute Gasteiger partial charge is 0.486 e. The topological polar surface area (TPSA) is 49.9 Å². The highest BCUT2D eigenvalue weighted by molar-refractivity contribution is 5.96. The quantitative estimate of drug-likeness (QED) is 0.787. The van der Waals surface area contributed by atoms with Gasteiger partial charge in [-0.3, -0.25) is 9.59 Å². The SMILES string of the molecule is CCC1CN(CC(=O)N2CCCCCC2)c2cc(C(C)=O)ccc2O1. The first-order chi connectivity index (χ1) is 12.1. The lowest BCUT2D eigenvalue weighted by atomic mass is 10.1. The molecule has 5 heteroatoms. The first-order valence-corrected chi connectivity index (χ1v) is 9.43. The fourth-order valence-corrected chi connectivity index (χ4v) is 3.59. The minimum absolute atomic E-state index is 0.0270. The average molecular weight is 344 g/mol. The Labute approximate surface area is 149 Å². The summed E-state index contributed by atoms with van der Waals surface area (Å²) in [6, 6.07) is 5.52. The monoisotopic (exact) mass is 344 g/mol. The molecule has 0 bridgehead atoms. The Kier molecular flexibility index (Phi) is 5.61. The van der Waals surface area contributed by atoms with Gasteiger partial charge in [0.25, 0.3) is 0 Å². The first-order valence-electron chi connectivity index (χ1n) is 9.43. The Morgan fingerprint density at radius 3 is 2.52 bits per heavy atom. The molecule has 1 saturated heterocycles. The van der Waals surface area contributed by atoms with Gasteiger partial charge in [-0.15, -0.1) is 0 Å². The summed E-state index contributed by atoms with van der Waals surface area (Å²) < 4.78 is 6.02. The summed E-state index contributed by atoms with van der Waals surface area (Å²) in [4.78, 5) is 28.6. The molecule has 0 saturated carbocycles. The van der Waals surface area contributed by atoms with E-state index in [0.717, 1.165) is 43.8 Å². The maximum Gasteiger partial charge on any atom is 0.242 e. The zero-order valence-electron chi connectivity index (χ0n) is 15.3. The lowest BCUT2D eigenvalue weighted by Gasteiger charge is -2.37. The molecule has 2 aliphatic heterocycles. The second kappa shape index (κ2) is 7.89. The summed E-state index contributed by atoms with van der Waals surface area (Å²) in [5.74, 6) is 0.976. The highest BCUT2D eigenvalue weighted by atomic mass is 16.5. The van der Waals surface area contributed by atoms with Gasteiger partial charge in [0.1, 0.15) is 11.9 Å². The van der Waals surface area contributed by atoms with Crippen LogP contribution in [-0.4, -0.2) is 48.9 Å². The van der Waals surface area contributed by atoms with Gasteiger partial charge in [0.05, 0.1) is 18.8 Å². The number of amides is 1. The Hall–Kier alpha value is -2.04. The second-order valence-electron chi connectivity index (χ2n) is 7.06. The minimum Gasteiger partial charge on any atom is -0.486 e. The lowest BCUT2D eigenvalue weighted by Crippen LogP contribution is -2.46. The van der Waals surface area contributed by atoms with Gasteiger partial charge in [-0.2, -0.15) is 0 Å². The van der Waals surface area contributed by atoms with E-state index in [2.05, 4.69) is 11.8 Å². The van der Waals surface area contributed by atoms with Crippen LogP contribution in [0.25, 0.3) is 0 Å². The molecule has 2 heterocycles. The van der Waals surface area contributed by atoms with Crippen LogP contribution in [0.1, 0.15) is 56.3 Å². The van der Waals surface area contributed by atoms with Gasteiger partial charge in [0.2, 0.25) is 5.91 Å². The van der Waals surface area contributed by atoms with Crippen LogP contribution >= 0.6 is 0 Å². The van der Waals surface area contributed by atoms with Crippen molar-refractivity contribution in [2.45, 2.75) is 52.1 Å². The van der Waals surface area contributed by atoms with E-state index in [1.54, 1.807) is 13.0 Å². The number of benzene rings is 1. The fourth-order valence-electron chi connectivity index (χ4n) is 3.59. The van der Waals surface area contributed by atoms with Gasteiger partial charge >= 0.3 is 0 Å². The zero-order valence-corrected chi connectivity index (χ0v) is 15.3. The Bertz CT molecular complexity index is 636. The first kappa shape index (κ1) is 17.8. The highest BCUT2D eigenvalue weighted by Gasteiger charge is 2.28. The number of anilines is 1.